The molecule has 0 bridgehead atoms. The van der Waals surface area contributed by atoms with Gasteiger partial charge in [0.05, 0.1) is 16.6 Å². The average molecular weight is 328 g/mol. The van der Waals surface area contributed by atoms with Crippen LogP contribution >= 0.6 is 0 Å². The number of allylic oxidation sites excluding steroid dienone is 2. The van der Waals surface area contributed by atoms with Crippen LogP contribution in [0, 0.1) is 6.92 Å². The molecule has 0 saturated carbocycles. The molecule has 2 heterocycles. The Morgan fingerprint density at radius 3 is 2.88 bits per heavy atom. The maximum Gasteiger partial charge on any atom is 0.343 e. The maximum atomic E-state index is 12.3. The highest BCUT2D eigenvalue weighted by atomic mass is 16.5. The summed E-state index contributed by atoms with van der Waals surface area (Å²) in [6.07, 6.45) is 3.40. The van der Waals surface area contributed by atoms with Crippen LogP contribution in [0.4, 0.5) is 0 Å². The van der Waals surface area contributed by atoms with Crippen molar-refractivity contribution in [3.05, 3.63) is 51.4 Å². The number of aliphatic hydroxyl groups is 1. The third-order valence-corrected chi connectivity index (χ3v) is 4.73. The van der Waals surface area contributed by atoms with Crippen LogP contribution in [0.2, 0.25) is 0 Å². The minimum atomic E-state index is -1.01. The van der Waals surface area contributed by atoms with E-state index in [1.165, 1.54) is 5.57 Å². The Labute approximate surface area is 141 Å². The van der Waals surface area contributed by atoms with Crippen LogP contribution in [0.15, 0.2) is 39.1 Å². The molecule has 0 aliphatic carbocycles. The second kappa shape index (κ2) is 6.10. The van der Waals surface area contributed by atoms with Gasteiger partial charge in [0, 0.05) is 6.42 Å². The molecule has 1 aliphatic rings. The molecule has 0 saturated heterocycles. The molecule has 0 radical (unpaired) electrons. The van der Waals surface area contributed by atoms with Gasteiger partial charge in [0.15, 0.2) is 0 Å². The highest BCUT2D eigenvalue weighted by Gasteiger charge is 2.40. The van der Waals surface area contributed by atoms with E-state index in [0.29, 0.717) is 29.7 Å². The molecule has 1 aromatic heterocycles. The lowest BCUT2D eigenvalue weighted by molar-refractivity contribution is -0.0429. The number of hydrogen-bond donors (Lipinski definition) is 1. The fourth-order valence-corrected chi connectivity index (χ4v) is 3.26. The molecule has 1 aromatic carbocycles. The lowest BCUT2D eigenvalue weighted by Crippen LogP contribution is -2.42. The molecule has 0 spiro atoms. The fraction of sp³-hybridized carbons (Fsp3) is 0.450. The van der Waals surface area contributed by atoms with Crippen molar-refractivity contribution in [3.63, 3.8) is 0 Å². The first-order valence-corrected chi connectivity index (χ1v) is 8.37. The summed E-state index contributed by atoms with van der Waals surface area (Å²) in [4.78, 5) is 12.3. The molecule has 3 rings (SSSR count). The highest BCUT2D eigenvalue weighted by molar-refractivity contribution is 5.88. The number of benzene rings is 1. The molecule has 2 aromatic rings. The average Bonchev–Trinajstić information content (AvgIpc) is 2.93. The highest BCUT2D eigenvalue weighted by Crippen LogP contribution is 2.39. The van der Waals surface area contributed by atoms with Crippen molar-refractivity contribution in [1.29, 1.82) is 0 Å². The molecule has 24 heavy (non-hydrogen) atoms. The zero-order valence-corrected chi connectivity index (χ0v) is 14.7. The standard InChI is InChI=1S/C20H24O4/c1-12(2)7-6-10-20(4,22)16-11-14-18(24-16)17-13(3)8-5-9-15(17)23-19(14)21/h5,7-9,16,22H,6,10-11H2,1-4H3. The topological polar surface area (TPSA) is 59.7 Å². The van der Waals surface area contributed by atoms with Gasteiger partial charge >= 0.3 is 5.63 Å². The first kappa shape index (κ1) is 16.8. The largest absolute Gasteiger partial charge is 0.486 e. The number of ether oxygens (including phenoxy) is 1. The molecule has 4 nitrogen and oxygen atoms in total. The van der Waals surface area contributed by atoms with Gasteiger partial charge in [-0.05, 0) is 52.2 Å². The van der Waals surface area contributed by atoms with Crippen molar-refractivity contribution in [2.75, 3.05) is 0 Å². The second-order valence-corrected chi connectivity index (χ2v) is 7.13. The monoisotopic (exact) mass is 328 g/mol. The van der Waals surface area contributed by atoms with Crippen molar-refractivity contribution in [3.8, 4) is 5.75 Å². The van der Waals surface area contributed by atoms with Crippen molar-refractivity contribution >= 4 is 11.0 Å². The molecule has 4 heteroatoms. The van der Waals surface area contributed by atoms with Gasteiger partial charge in [0.1, 0.15) is 17.4 Å². The molecule has 0 amide bonds. The normalized spacial score (nSPS) is 18.8. The number of fused-ring (bicyclic) bond motifs is 3. The van der Waals surface area contributed by atoms with E-state index >= 15 is 0 Å². The van der Waals surface area contributed by atoms with Crippen LogP contribution in [-0.2, 0) is 6.42 Å². The first-order valence-electron chi connectivity index (χ1n) is 8.37. The summed E-state index contributed by atoms with van der Waals surface area (Å²) in [7, 11) is 0. The van der Waals surface area contributed by atoms with Gasteiger partial charge in [-0.1, -0.05) is 23.8 Å². The predicted octanol–water partition coefficient (Wildman–Crippen LogP) is 3.90. The van der Waals surface area contributed by atoms with Gasteiger partial charge < -0.3 is 14.3 Å². The molecule has 1 N–H and O–H groups in total. The molecular weight excluding hydrogens is 304 g/mol. The number of rotatable bonds is 4. The first-order chi connectivity index (χ1) is 11.3. The third-order valence-electron chi connectivity index (χ3n) is 4.73. The van der Waals surface area contributed by atoms with Crippen molar-refractivity contribution < 1.29 is 14.3 Å². The Balaban J connectivity index is 1.94. The van der Waals surface area contributed by atoms with Gasteiger partial charge in [0.25, 0.3) is 0 Å². The smallest absolute Gasteiger partial charge is 0.343 e. The lowest BCUT2D eigenvalue weighted by Gasteiger charge is -2.29. The Morgan fingerprint density at radius 2 is 2.17 bits per heavy atom. The summed E-state index contributed by atoms with van der Waals surface area (Å²) in [6.45, 7) is 7.82. The summed E-state index contributed by atoms with van der Waals surface area (Å²) in [5.41, 5.74) is 1.91. The van der Waals surface area contributed by atoms with Gasteiger partial charge in [-0.25, -0.2) is 4.79 Å². The zero-order valence-electron chi connectivity index (χ0n) is 14.7. The van der Waals surface area contributed by atoms with Crippen LogP contribution in [0.3, 0.4) is 0 Å². The van der Waals surface area contributed by atoms with E-state index in [9.17, 15) is 9.90 Å². The van der Waals surface area contributed by atoms with E-state index in [2.05, 4.69) is 6.08 Å². The SMILES string of the molecule is CC(C)=CCCC(C)(O)C1Cc2c(c3c(C)cccc3oc2=O)O1. The maximum absolute atomic E-state index is 12.3. The minimum absolute atomic E-state index is 0.370. The van der Waals surface area contributed by atoms with Crippen molar-refractivity contribution in [2.24, 2.45) is 0 Å². The zero-order chi connectivity index (χ0) is 17.5. The van der Waals surface area contributed by atoms with E-state index in [1.807, 2.05) is 32.9 Å². The van der Waals surface area contributed by atoms with E-state index in [-0.39, 0.29) is 5.63 Å². The van der Waals surface area contributed by atoms with Crippen LogP contribution in [0.5, 0.6) is 5.75 Å². The minimum Gasteiger partial charge on any atom is -0.486 e. The fourth-order valence-electron chi connectivity index (χ4n) is 3.26. The van der Waals surface area contributed by atoms with E-state index < -0.39 is 11.7 Å². The molecular formula is C20H24O4. The molecule has 128 valence electrons. The van der Waals surface area contributed by atoms with E-state index in [0.717, 1.165) is 17.4 Å². The Kier molecular flexibility index (Phi) is 4.26. The van der Waals surface area contributed by atoms with Gasteiger partial charge in [-0.3, -0.25) is 0 Å². The molecule has 2 atom stereocenters. The van der Waals surface area contributed by atoms with Crippen LogP contribution in [0.25, 0.3) is 11.0 Å². The molecule has 0 fully saturated rings. The molecule has 2 unspecified atom stereocenters. The summed E-state index contributed by atoms with van der Waals surface area (Å²) in [5, 5.41) is 11.7. The number of aryl methyl sites for hydroxylation is 1. The van der Waals surface area contributed by atoms with Gasteiger partial charge in [-0.15, -0.1) is 0 Å². The quantitative estimate of drug-likeness (QED) is 0.683. The van der Waals surface area contributed by atoms with E-state index in [4.69, 9.17) is 9.15 Å². The summed E-state index contributed by atoms with van der Waals surface area (Å²) < 4.78 is 11.5. The Hall–Kier alpha value is -2.07. The summed E-state index contributed by atoms with van der Waals surface area (Å²) >= 11 is 0. The van der Waals surface area contributed by atoms with Crippen molar-refractivity contribution in [2.45, 2.75) is 58.7 Å². The number of hydrogen-bond acceptors (Lipinski definition) is 4. The van der Waals surface area contributed by atoms with Crippen molar-refractivity contribution in [1.82, 2.24) is 0 Å². The Morgan fingerprint density at radius 1 is 1.42 bits per heavy atom. The van der Waals surface area contributed by atoms with Crippen LogP contribution < -0.4 is 10.4 Å². The van der Waals surface area contributed by atoms with Crippen LogP contribution in [-0.4, -0.2) is 16.8 Å². The van der Waals surface area contributed by atoms with Gasteiger partial charge in [0.2, 0.25) is 0 Å². The predicted molar refractivity (Wildman–Crippen MR) is 94.6 cm³/mol. The van der Waals surface area contributed by atoms with Crippen LogP contribution in [0.1, 0.15) is 44.7 Å². The summed E-state index contributed by atoms with van der Waals surface area (Å²) in [5.74, 6) is 0.576. The second-order valence-electron chi connectivity index (χ2n) is 7.13. The third kappa shape index (κ3) is 2.98. The van der Waals surface area contributed by atoms with E-state index in [1.54, 1.807) is 13.0 Å². The summed E-state index contributed by atoms with van der Waals surface area (Å²) in [6, 6.07) is 5.59. The van der Waals surface area contributed by atoms with Gasteiger partial charge in [-0.2, -0.15) is 0 Å². The lowest BCUT2D eigenvalue weighted by atomic mass is 9.90. The Bertz CT molecular complexity index is 854. The molecule has 1 aliphatic heterocycles.